The van der Waals surface area contributed by atoms with E-state index in [1.807, 2.05) is 87.8 Å². The number of pyridine rings is 8. The van der Waals surface area contributed by atoms with Crippen molar-refractivity contribution < 1.29 is 48.1 Å². The van der Waals surface area contributed by atoms with Gasteiger partial charge in [-0.3, -0.25) is 39.3 Å². The van der Waals surface area contributed by atoms with Crippen LogP contribution in [0.3, 0.4) is 0 Å². The quantitative estimate of drug-likeness (QED) is 0.0153. The average Bonchev–Trinajstić information content (AvgIpc) is 1.58. The first-order valence-electron chi connectivity index (χ1n) is 47.5. The van der Waals surface area contributed by atoms with Gasteiger partial charge in [0.15, 0.2) is 75.8 Å². The van der Waals surface area contributed by atoms with E-state index in [1.54, 1.807) is 151 Å². The minimum absolute atomic E-state index is 0.0725. The summed E-state index contributed by atoms with van der Waals surface area (Å²) in [5.74, 6) is 0. The zero-order chi connectivity index (χ0) is 109. The number of aldehydes is 3. The highest BCUT2D eigenvalue weighted by Gasteiger charge is 2.48. The number of aliphatic hydroxyl groups is 1. The Hall–Kier alpha value is -10.6. The molecule has 1 atom stereocenters. The topological polar surface area (TPSA) is 391 Å². The van der Waals surface area contributed by atoms with Gasteiger partial charge in [0.1, 0.15) is 64.8 Å². The number of fused-ring (bicyclic) bond motifs is 3. The van der Waals surface area contributed by atoms with E-state index in [-0.39, 0.29) is 38.6 Å². The Kier molecular flexibility index (Phi) is 44.5. The van der Waals surface area contributed by atoms with Gasteiger partial charge < -0.3 is 43.8 Å². The molecule has 16 aromatic rings. The van der Waals surface area contributed by atoms with Crippen LogP contribution < -0.4 is 25.8 Å². The second-order valence-corrected chi connectivity index (χ2v) is 58.9. The predicted octanol–water partition coefficient (Wildman–Crippen LogP) is 29.2. The number of amides is 3. The standard InChI is InChI=1S/C31H42ClN5O2SSi.C22H22ClN5O3S.C16H25IN2Si.C15H16ClN3O3S.C10H8ClN3OS.C6H8N2.C4HCl2NOS/c1-20(2)41(21(3)4,22(5)6)37-19-24(25-11-10-14-34-28(25)37)17-26-27(32)35-29(40-26)36(30(38)39-31(7,8)9)18-23-12-15-33-16-13-23;1-22(2,3)31-21(30)28(12-13-6-9-24-10-7-13)20-27-18(23)17(32-20)16(29)15-11-26-19-14(15)5-4-8-25-19;1-11(2)20(12(3)4,13(5)6)19-10-15(17)14-8-7-9-18-16(14)19;1-15(2,3)22-14(21)19(8-10-4-6-17-7-5-10)13-18-12(16)11(9-20)23-13;11-9-8(6-15)16-10(14-9)13-5-7-1-3-12-4-2-7;7-5-6-1-3-8-4-2-6;5-3-2(1-8)9-4(6)7-3/h10-16,19-22H,17-18H2,1-9H3;4-11,16,29H,12H2,1-3H3,(H,25,26);7-13H,1-6H3;4-7,9H,8H2,1-3H3;1-4,6H,5H2,(H,13,14);1-4H,5,7H2;1H. The zero-order valence-corrected chi connectivity index (χ0v) is 99.2. The van der Waals surface area contributed by atoms with Crippen molar-refractivity contribution in [3.05, 3.63) is 293 Å². The van der Waals surface area contributed by atoms with Crippen molar-refractivity contribution in [3.8, 4) is 0 Å². The molecule has 790 valence electrons. The third-order valence-electron chi connectivity index (χ3n) is 23.3. The fraction of sp³-hybridized carbons (Fsp3) is 0.356. The third-order valence-corrected chi connectivity index (χ3v) is 44.8. The van der Waals surface area contributed by atoms with E-state index in [9.17, 15) is 33.9 Å². The average molecular weight is 2380 g/mol. The molecule has 0 radical (unpaired) electrons. The molecule has 16 heterocycles. The van der Waals surface area contributed by atoms with Gasteiger partial charge in [-0.1, -0.05) is 209 Å². The number of ether oxygens (including phenoxy) is 3. The highest BCUT2D eigenvalue weighted by atomic mass is 127. The lowest BCUT2D eigenvalue weighted by Gasteiger charge is -2.44. The first-order chi connectivity index (χ1) is 70.6. The van der Waals surface area contributed by atoms with Crippen molar-refractivity contribution in [1.82, 2.24) is 78.2 Å². The molecule has 1 unspecified atom stereocenters. The molecule has 5 N–H and O–H groups in total. The number of halogens is 7. The molecule has 16 rings (SSSR count). The smallest absolute Gasteiger partial charge is 0.416 e. The number of carbonyl (C=O) groups excluding carboxylic acids is 6. The Morgan fingerprint density at radius 1 is 0.450 bits per heavy atom. The molecule has 0 saturated heterocycles. The minimum atomic E-state index is -2.04. The Morgan fingerprint density at radius 2 is 0.812 bits per heavy atom. The van der Waals surface area contributed by atoms with Crippen LogP contribution in [0.25, 0.3) is 33.1 Å². The molecule has 0 spiro atoms. The van der Waals surface area contributed by atoms with Crippen LogP contribution >= 0.6 is 149 Å². The van der Waals surface area contributed by atoms with E-state index in [4.69, 9.17) is 99.5 Å². The van der Waals surface area contributed by atoms with Crippen LogP contribution in [0.1, 0.15) is 229 Å². The maximum atomic E-state index is 13.3. The summed E-state index contributed by atoms with van der Waals surface area (Å²) in [6, 6.07) is 30.6. The molecule has 16 aromatic heterocycles. The van der Waals surface area contributed by atoms with Crippen molar-refractivity contribution in [2.75, 3.05) is 20.0 Å². The number of nitrogens with two attached hydrogens (primary N) is 1. The van der Waals surface area contributed by atoms with Gasteiger partial charge in [0.25, 0.3) is 0 Å². The van der Waals surface area contributed by atoms with E-state index < -0.39 is 57.7 Å². The molecule has 0 aliphatic carbocycles. The predicted molar refractivity (Wildman–Crippen MR) is 618 cm³/mol. The lowest BCUT2D eigenvalue weighted by molar-refractivity contribution is 0.0566. The van der Waals surface area contributed by atoms with Crippen LogP contribution in [0.15, 0.2) is 196 Å². The number of thiazole rings is 5. The van der Waals surface area contributed by atoms with Crippen molar-refractivity contribution in [1.29, 1.82) is 0 Å². The minimum Gasteiger partial charge on any atom is -0.443 e. The van der Waals surface area contributed by atoms with Gasteiger partial charge >= 0.3 is 18.3 Å². The van der Waals surface area contributed by atoms with Gasteiger partial charge in [-0.2, -0.15) is 0 Å². The Labute approximate surface area is 933 Å². The molecule has 0 aromatic carbocycles. The normalized spacial score (nSPS) is 11.8. The number of carbonyl (C=O) groups is 6. The van der Waals surface area contributed by atoms with Crippen LogP contribution in [-0.2, 0) is 53.4 Å². The van der Waals surface area contributed by atoms with E-state index in [0.29, 0.717) is 134 Å². The summed E-state index contributed by atoms with van der Waals surface area (Å²) in [6.07, 6.45) is 28.7. The maximum Gasteiger partial charge on any atom is 0.416 e. The SMILES string of the molecule is CC(C)(C)OC(=O)N(Cc1ccncc1)c1nc(Cl)c(C(O)c2c[nH]c3ncccc23)s1.CC(C)(C)OC(=O)N(Cc1ccncc1)c1nc(Cl)c(C=O)s1.CC(C)[Si](C(C)C)(C(C)C)n1cc(Cc2sc(N(Cc3ccncc3)C(=O)OC(C)(C)C)nc2Cl)c2cccnc21.CC(C)[Si](C(C)C)(C(C)C)n1cc(I)c2cccnc21.NCc1ccncc1.O=Cc1sc(Cl)nc1Cl.O=Cc1sc(NCc2ccncc2)nc1Cl. The van der Waals surface area contributed by atoms with Crippen molar-refractivity contribution >= 4 is 256 Å². The van der Waals surface area contributed by atoms with Crippen molar-refractivity contribution in [2.45, 2.75) is 241 Å². The van der Waals surface area contributed by atoms with Crippen LogP contribution in [0.4, 0.5) is 34.9 Å². The molecular formula is C104H122Cl6IN21O10S5Si2. The number of nitrogens with one attached hydrogen (secondary N) is 2. The summed E-state index contributed by atoms with van der Waals surface area (Å²) in [7, 11) is -3.74. The number of aromatic amines is 1. The summed E-state index contributed by atoms with van der Waals surface area (Å²) in [6.45, 7) is 46.8. The molecular weight excluding hydrogens is 2260 g/mol. The van der Waals surface area contributed by atoms with Crippen molar-refractivity contribution in [3.63, 3.8) is 0 Å². The number of H-pyrrole nitrogens is 1. The van der Waals surface area contributed by atoms with Crippen LogP contribution in [-0.4, -0.2) is 154 Å². The molecule has 149 heavy (non-hydrogen) atoms. The van der Waals surface area contributed by atoms with E-state index >= 15 is 0 Å². The van der Waals surface area contributed by atoms with E-state index in [1.165, 1.54) is 52.6 Å². The molecule has 0 bridgehead atoms. The van der Waals surface area contributed by atoms with Gasteiger partial charge in [0, 0.05) is 144 Å². The lowest BCUT2D eigenvalue weighted by Crippen LogP contribution is -2.51. The molecule has 3 amide bonds. The molecule has 31 nitrogen and oxygen atoms in total. The Balaban J connectivity index is 0.000000188. The first-order valence-corrected chi connectivity index (χ1v) is 59.2. The molecule has 0 aliphatic heterocycles. The first kappa shape index (κ1) is 120. The molecule has 0 aliphatic rings. The second-order valence-electron chi connectivity index (χ2n) is 38.7. The summed E-state index contributed by atoms with van der Waals surface area (Å²) in [5, 5.41) is 20.2. The van der Waals surface area contributed by atoms with Gasteiger partial charge in [-0.15, -0.1) is 0 Å². The molecule has 45 heteroatoms. The van der Waals surface area contributed by atoms with Crippen LogP contribution in [0, 0.1) is 3.57 Å². The maximum absolute atomic E-state index is 13.3. The Morgan fingerprint density at radius 3 is 1.21 bits per heavy atom. The van der Waals surface area contributed by atoms with Crippen LogP contribution in [0.2, 0.25) is 63.5 Å². The summed E-state index contributed by atoms with van der Waals surface area (Å²) in [4.78, 5) is 135. The largest absolute Gasteiger partial charge is 0.443 e. The number of rotatable bonds is 28. The second kappa shape index (κ2) is 55.1. The van der Waals surface area contributed by atoms with Crippen LogP contribution in [0.5, 0.6) is 0 Å². The molecule has 0 fully saturated rings. The van der Waals surface area contributed by atoms with Gasteiger partial charge in [0.05, 0.1) is 29.4 Å². The van der Waals surface area contributed by atoms with Gasteiger partial charge in [0.2, 0.25) is 0 Å². The fourth-order valence-electron chi connectivity index (χ4n) is 17.3. The van der Waals surface area contributed by atoms with Gasteiger partial charge in [-0.05, 0) is 249 Å². The monoisotopic (exact) mass is 2380 g/mol. The summed E-state index contributed by atoms with van der Waals surface area (Å²) >= 11 is 44.1. The summed E-state index contributed by atoms with van der Waals surface area (Å²) in [5.41, 5.74) is 16.5. The van der Waals surface area contributed by atoms with E-state index in [0.717, 1.165) is 83.1 Å². The Bertz CT molecular complexity index is 7030. The number of hydrogen-bond donors (Lipinski definition) is 4. The number of hydrogen-bond acceptors (Lipinski definition) is 30. The number of aliphatic hydroxyl groups excluding tert-OH is 1. The highest BCUT2D eigenvalue weighted by Crippen LogP contribution is 2.49. The fourth-order valence-corrected chi connectivity index (χ4v) is 37.2. The lowest BCUT2D eigenvalue weighted by atomic mass is 10.1. The summed E-state index contributed by atoms with van der Waals surface area (Å²) < 4.78 is 23.5. The van der Waals surface area contributed by atoms with E-state index in [2.05, 4.69) is 204 Å². The number of nitrogens with zero attached hydrogens (tertiary/aromatic N) is 18. The van der Waals surface area contributed by atoms with Crippen molar-refractivity contribution in [2.24, 2.45) is 5.73 Å². The molecule has 0 saturated carbocycles. The van der Waals surface area contributed by atoms with Gasteiger partial charge in [-0.25, -0.2) is 69.0 Å². The number of aromatic nitrogens is 16. The third kappa shape index (κ3) is 32.3. The number of anilines is 4. The highest BCUT2D eigenvalue weighted by molar-refractivity contribution is 14.1. The zero-order valence-electron chi connectivity index (χ0n) is 86.4.